The fourth-order valence-electron chi connectivity index (χ4n) is 5.32. The number of benzene rings is 2. The van der Waals surface area contributed by atoms with E-state index in [0.717, 1.165) is 15.7 Å². The standard InChI is InChI=1S/C19H14BrFN4O.C11H10ClFN2.C8H5BrN2O/c1-24-8-6-17(23-24)12-4-5-13(16(21)9-12)10-25-11-15(20)18-14(19(25)26)3-2-7-22-18;1-15-5-4-11(14-15)8-2-3-9(7-12)10(13)6-8;9-6-4-11-8(12)5-2-1-3-10-7(5)6/h2-9,11H,10H2,1H3;2-6H,7H2,1H3;1-4H,(H,11,12). The van der Waals surface area contributed by atoms with Crippen LogP contribution in [0.2, 0.25) is 0 Å². The molecule has 1 N–H and O–H groups in total. The van der Waals surface area contributed by atoms with Crippen LogP contribution in [0.3, 0.4) is 0 Å². The average Bonchev–Trinajstić information content (AvgIpc) is 3.81. The van der Waals surface area contributed by atoms with Gasteiger partial charge < -0.3 is 9.55 Å². The maximum Gasteiger partial charge on any atom is 0.260 e. The molecular formula is C38H29Br2ClF2N8O2. The van der Waals surface area contributed by atoms with Crippen molar-refractivity contribution in [2.45, 2.75) is 12.4 Å². The van der Waals surface area contributed by atoms with Gasteiger partial charge in [0.1, 0.15) is 11.6 Å². The summed E-state index contributed by atoms with van der Waals surface area (Å²) in [6.45, 7) is 0.136. The van der Waals surface area contributed by atoms with Crippen LogP contribution < -0.4 is 11.1 Å². The largest absolute Gasteiger partial charge is 0.327 e. The Balaban J connectivity index is 0.000000150. The van der Waals surface area contributed by atoms with Gasteiger partial charge in [0.25, 0.3) is 11.1 Å². The van der Waals surface area contributed by atoms with Crippen molar-refractivity contribution in [2.24, 2.45) is 14.1 Å². The summed E-state index contributed by atoms with van der Waals surface area (Å²) in [6, 6.07) is 20.5. The number of aryl methyl sites for hydroxylation is 2. The summed E-state index contributed by atoms with van der Waals surface area (Å²) in [7, 11) is 3.64. The number of hydrogen-bond acceptors (Lipinski definition) is 6. The normalized spacial score (nSPS) is 10.8. The summed E-state index contributed by atoms with van der Waals surface area (Å²) in [4.78, 5) is 34.8. The monoisotopic (exact) mass is 860 g/mol. The minimum absolute atomic E-state index is 0.110. The van der Waals surface area contributed by atoms with E-state index in [2.05, 4.69) is 57.0 Å². The number of pyridine rings is 4. The first kappa shape index (κ1) is 37.4. The number of nitrogens with zero attached hydrogens (tertiary/aromatic N) is 7. The zero-order valence-electron chi connectivity index (χ0n) is 28.1. The van der Waals surface area contributed by atoms with E-state index in [1.807, 2.05) is 44.6 Å². The summed E-state index contributed by atoms with van der Waals surface area (Å²) in [5.74, 6) is -0.468. The lowest BCUT2D eigenvalue weighted by atomic mass is 10.1. The molecule has 0 saturated heterocycles. The summed E-state index contributed by atoms with van der Waals surface area (Å²) in [5.41, 5.74) is 4.85. The predicted octanol–water partition coefficient (Wildman–Crippen LogP) is 8.40. The molecule has 0 aliphatic carbocycles. The fraction of sp³-hybridized carbons (Fsp3) is 0.105. The molecule has 15 heteroatoms. The minimum Gasteiger partial charge on any atom is -0.327 e. The molecule has 0 atom stereocenters. The third-order valence-electron chi connectivity index (χ3n) is 8.01. The number of alkyl halides is 1. The molecule has 0 aliphatic heterocycles. The first-order chi connectivity index (χ1) is 25.5. The molecule has 268 valence electrons. The molecule has 0 bridgehead atoms. The Bertz CT molecular complexity index is 2690. The SMILES string of the molecule is Cn1ccc(-c2ccc(CCl)c(F)c2)n1.Cn1ccc(-c2ccc(Cn3cc(Br)c4ncccc4c3=O)c(F)c2)n1.O=c1[nH]cc(Br)c2ncccc12. The number of rotatable bonds is 5. The smallest absolute Gasteiger partial charge is 0.260 e. The van der Waals surface area contributed by atoms with Crippen molar-refractivity contribution in [3.63, 3.8) is 0 Å². The summed E-state index contributed by atoms with van der Waals surface area (Å²) in [5, 5.41) is 9.57. The minimum atomic E-state index is -0.373. The van der Waals surface area contributed by atoms with Gasteiger partial charge in [-0.05, 0) is 80.4 Å². The van der Waals surface area contributed by atoms with Crippen LogP contribution in [0.4, 0.5) is 8.78 Å². The first-order valence-corrected chi connectivity index (χ1v) is 18.0. The molecule has 0 fully saturated rings. The maximum atomic E-state index is 14.6. The number of fused-ring (bicyclic) bond motifs is 2. The van der Waals surface area contributed by atoms with Gasteiger partial charge in [0.15, 0.2) is 0 Å². The van der Waals surface area contributed by atoms with E-state index in [0.29, 0.717) is 48.7 Å². The van der Waals surface area contributed by atoms with E-state index in [1.54, 1.807) is 76.7 Å². The van der Waals surface area contributed by atoms with Crippen LogP contribution in [-0.4, -0.2) is 39.1 Å². The topological polar surface area (TPSA) is 116 Å². The van der Waals surface area contributed by atoms with Crippen LogP contribution in [-0.2, 0) is 26.5 Å². The Morgan fingerprint density at radius 2 is 1.28 bits per heavy atom. The number of aromatic nitrogens is 8. The van der Waals surface area contributed by atoms with Gasteiger partial charge in [-0.3, -0.25) is 28.9 Å². The summed E-state index contributed by atoms with van der Waals surface area (Å²) in [6.07, 6.45) is 10.2. The van der Waals surface area contributed by atoms with E-state index in [4.69, 9.17) is 11.6 Å². The maximum absolute atomic E-state index is 14.6. The van der Waals surface area contributed by atoms with Crippen molar-refractivity contribution in [3.8, 4) is 22.5 Å². The van der Waals surface area contributed by atoms with Crippen LogP contribution >= 0.6 is 43.5 Å². The molecule has 6 aromatic heterocycles. The first-order valence-electron chi connectivity index (χ1n) is 15.9. The lowest BCUT2D eigenvalue weighted by Crippen LogP contribution is -2.21. The summed E-state index contributed by atoms with van der Waals surface area (Å²) >= 11 is 12.3. The van der Waals surface area contributed by atoms with Gasteiger partial charge in [0.2, 0.25) is 0 Å². The van der Waals surface area contributed by atoms with Crippen LogP contribution in [0, 0.1) is 11.6 Å². The van der Waals surface area contributed by atoms with Gasteiger partial charge in [-0.15, -0.1) is 11.6 Å². The van der Waals surface area contributed by atoms with Crippen molar-refractivity contribution in [1.82, 2.24) is 39.1 Å². The summed E-state index contributed by atoms with van der Waals surface area (Å²) < 4.78 is 34.4. The van der Waals surface area contributed by atoms with E-state index in [9.17, 15) is 18.4 Å². The second-order valence-electron chi connectivity index (χ2n) is 11.7. The van der Waals surface area contributed by atoms with E-state index in [-0.39, 0.29) is 35.2 Å². The number of H-pyrrole nitrogens is 1. The molecular weight excluding hydrogens is 834 g/mol. The molecule has 0 amide bonds. The third kappa shape index (κ3) is 8.67. The van der Waals surface area contributed by atoms with Crippen LogP contribution in [0.5, 0.6) is 0 Å². The zero-order chi connectivity index (χ0) is 37.6. The molecule has 0 spiro atoms. The Labute approximate surface area is 323 Å². The van der Waals surface area contributed by atoms with Crippen molar-refractivity contribution in [2.75, 3.05) is 0 Å². The molecule has 8 aromatic rings. The Morgan fingerprint density at radius 1 is 0.736 bits per heavy atom. The van der Waals surface area contributed by atoms with E-state index >= 15 is 0 Å². The Hall–Kier alpha value is -5.31. The molecule has 8 rings (SSSR count). The van der Waals surface area contributed by atoms with Gasteiger partial charge in [-0.1, -0.05) is 24.3 Å². The van der Waals surface area contributed by atoms with Crippen molar-refractivity contribution >= 4 is 65.3 Å². The van der Waals surface area contributed by atoms with Gasteiger partial charge >= 0.3 is 0 Å². The van der Waals surface area contributed by atoms with Gasteiger partial charge in [-0.2, -0.15) is 10.2 Å². The Kier molecular flexibility index (Phi) is 11.7. The third-order valence-corrected chi connectivity index (χ3v) is 9.49. The molecule has 6 heterocycles. The van der Waals surface area contributed by atoms with Crippen molar-refractivity contribution in [3.05, 3.63) is 162 Å². The van der Waals surface area contributed by atoms with E-state index < -0.39 is 0 Å². The lowest BCUT2D eigenvalue weighted by molar-refractivity contribution is 0.597. The molecule has 2 aromatic carbocycles. The molecule has 10 nitrogen and oxygen atoms in total. The number of halogens is 5. The highest BCUT2D eigenvalue weighted by atomic mass is 79.9. The Morgan fingerprint density at radius 3 is 1.79 bits per heavy atom. The lowest BCUT2D eigenvalue weighted by Gasteiger charge is -2.10. The fourth-order valence-corrected chi connectivity index (χ4v) is 6.53. The average molecular weight is 863 g/mol. The zero-order valence-corrected chi connectivity index (χ0v) is 32.1. The van der Waals surface area contributed by atoms with Crippen LogP contribution in [0.15, 0.2) is 129 Å². The van der Waals surface area contributed by atoms with Crippen LogP contribution in [0.25, 0.3) is 44.3 Å². The molecule has 0 radical (unpaired) electrons. The molecule has 0 unspecified atom stereocenters. The van der Waals surface area contributed by atoms with Crippen molar-refractivity contribution < 1.29 is 8.78 Å². The van der Waals surface area contributed by atoms with Gasteiger partial charge in [0.05, 0.1) is 54.6 Å². The van der Waals surface area contributed by atoms with Gasteiger partial charge in [-0.25, -0.2) is 8.78 Å². The van der Waals surface area contributed by atoms with Crippen molar-refractivity contribution in [1.29, 1.82) is 0 Å². The second kappa shape index (κ2) is 16.6. The van der Waals surface area contributed by atoms with Crippen LogP contribution in [0.1, 0.15) is 11.1 Å². The molecule has 53 heavy (non-hydrogen) atoms. The predicted molar refractivity (Wildman–Crippen MR) is 210 cm³/mol. The highest BCUT2D eigenvalue weighted by Gasteiger charge is 2.12. The molecule has 0 aliphatic rings. The van der Waals surface area contributed by atoms with E-state index in [1.165, 1.54) is 16.7 Å². The highest BCUT2D eigenvalue weighted by molar-refractivity contribution is 9.11. The number of nitrogens with one attached hydrogen (secondary N) is 1. The number of aromatic amines is 1. The van der Waals surface area contributed by atoms with Gasteiger partial charge in [0, 0.05) is 73.5 Å². The number of hydrogen-bond donors (Lipinski definition) is 1. The quantitative estimate of drug-likeness (QED) is 0.174. The molecule has 0 saturated carbocycles. The second-order valence-corrected chi connectivity index (χ2v) is 13.6. The highest BCUT2D eigenvalue weighted by Crippen LogP contribution is 2.23.